The van der Waals surface area contributed by atoms with Crippen LogP contribution in [0.1, 0.15) is 70.6 Å². The Kier molecular flexibility index (Phi) is 11.4. The number of nitro groups is 1. The van der Waals surface area contributed by atoms with Crippen molar-refractivity contribution < 1.29 is 14.5 Å². The van der Waals surface area contributed by atoms with Crippen LogP contribution >= 0.6 is 0 Å². The first-order chi connectivity index (χ1) is 9.57. The summed E-state index contributed by atoms with van der Waals surface area (Å²) in [4.78, 5) is 40.3. The lowest BCUT2D eigenvalue weighted by atomic mass is 10.1. The van der Waals surface area contributed by atoms with Gasteiger partial charge in [0, 0.05) is 11.6 Å². The maximum Gasteiger partial charge on any atom is 0.444 e. The van der Waals surface area contributed by atoms with Crippen LogP contribution in [0.3, 0.4) is 0 Å². The third-order valence-electron chi connectivity index (χ3n) is 3.09. The fourth-order valence-electron chi connectivity index (χ4n) is 1.93. The number of amides is 2. The molecule has 0 aromatic heterocycles. The van der Waals surface area contributed by atoms with E-state index in [0.29, 0.717) is 12.8 Å². The number of unbranched alkanes of at least 4 members (excludes halogenated alkanes) is 8. The first-order valence-corrected chi connectivity index (χ1v) is 7.11. The number of nitroso groups, excluding NO2 is 1. The Balaban J connectivity index is 3.17. The van der Waals surface area contributed by atoms with Crippen LogP contribution in [-0.4, -0.2) is 16.7 Å². The van der Waals surface area contributed by atoms with Gasteiger partial charge in [0.15, 0.2) is 0 Å². The Hall–Kier alpha value is -1.66. The van der Waals surface area contributed by atoms with E-state index in [-0.39, 0.29) is 12.8 Å². The number of hydrogen-bond donors (Lipinski definition) is 0. The maximum absolute atomic E-state index is 10.7. The van der Waals surface area contributed by atoms with E-state index in [9.17, 15) is 24.6 Å². The van der Waals surface area contributed by atoms with Crippen molar-refractivity contribution in [2.45, 2.75) is 70.6 Å². The topological polar surface area (TPSA) is 107 Å². The van der Waals surface area contributed by atoms with Gasteiger partial charge in [0.05, 0.1) is 6.42 Å². The van der Waals surface area contributed by atoms with Gasteiger partial charge >= 0.3 is 5.91 Å². The quantitative estimate of drug-likeness (QED) is 0.236. The average molecular weight is 286 g/mol. The highest BCUT2D eigenvalue weighted by Crippen LogP contribution is 2.11. The molecule has 20 heavy (non-hydrogen) atoms. The van der Waals surface area contributed by atoms with E-state index in [0.717, 1.165) is 44.9 Å². The average Bonchev–Trinajstić information content (AvgIpc) is 2.43. The van der Waals surface area contributed by atoms with Crippen molar-refractivity contribution in [3.63, 3.8) is 0 Å². The summed E-state index contributed by atoms with van der Waals surface area (Å²) >= 11 is 0. The molecule has 7 heteroatoms. The normalized spacial score (nSPS) is 10.2. The molecule has 0 bridgehead atoms. The summed E-state index contributed by atoms with van der Waals surface area (Å²) in [5, 5.41) is 12.4. The second-order valence-corrected chi connectivity index (χ2v) is 4.82. The number of rotatable bonds is 12. The first-order valence-electron chi connectivity index (χ1n) is 7.11. The van der Waals surface area contributed by atoms with Crippen LogP contribution in [0.5, 0.6) is 0 Å². The van der Waals surface area contributed by atoms with E-state index in [1.807, 2.05) is 0 Å². The van der Waals surface area contributed by atoms with Crippen molar-refractivity contribution in [2.24, 2.45) is 5.18 Å². The van der Waals surface area contributed by atoms with Gasteiger partial charge in [-0.1, -0.05) is 44.9 Å². The fraction of sp³-hybridized carbons (Fsp3) is 0.846. The summed E-state index contributed by atoms with van der Waals surface area (Å²) in [7, 11) is 0. The molecule has 0 aliphatic heterocycles. The van der Waals surface area contributed by atoms with E-state index < -0.39 is 16.7 Å². The highest BCUT2D eigenvalue weighted by Gasteiger charge is 2.12. The Labute approximate surface area is 118 Å². The molecule has 0 aliphatic rings. The van der Waals surface area contributed by atoms with Crippen LogP contribution < -0.4 is 0 Å². The molecule has 0 fully saturated rings. The van der Waals surface area contributed by atoms with Gasteiger partial charge in [-0.15, -0.1) is 4.91 Å². The monoisotopic (exact) mass is 286 g/mol. The highest BCUT2D eigenvalue weighted by molar-refractivity contribution is 5.76. The number of nitrogens with zero attached hydrogens (tertiary/aromatic N) is 2. The molecule has 0 saturated carbocycles. The minimum atomic E-state index is -0.899. The molecule has 0 unspecified atom stereocenters. The predicted octanol–water partition coefficient (Wildman–Crippen LogP) is 3.37. The third kappa shape index (κ3) is 11.4. The SMILES string of the molecule is O=NC(=O)CCCCCCCCCCCC(=O)[N+](=O)[O-]. The summed E-state index contributed by atoms with van der Waals surface area (Å²) in [6.45, 7) is 0. The Morgan fingerprint density at radius 2 is 1.20 bits per heavy atom. The second-order valence-electron chi connectivity index (χ2n) is 4.82. The Morgan fingerprint density at radius 3 is 1.60 bits per heavy atom. The minimum absolute atomic E-state index is 0.0335. The first kappa shape index (κ1) is 18.3. The van der Waals surface area contributed by atoms with E-state index in [1.165, 1.54) is 0 Å². The molecule has 0 saturated heterocycles. The molecular formula is C13H22N2O5. The lowest BCUT2D eigenvalue weighted by Gasteiger charge is -2.01. The van der Waals surface area contributed by atoms with Gasteiger partial charge in [-0.05, 0) is 12.8 Å². The molecule has 7 nitrogen and oxygen atoms in total. The fourth-order valence-corrected chi connectivity index (χ4v) is 1.93. The molecule has 0 heterocycles. The molecular weight excluding hydrogens is 264 g/mol. The molecule has 0 aromatic carbocycles. The van der Waals surface area contributed by atoms with Crippen molar-refractivity contribution in [2.75, 3.05) is 0 Å². The van der Waals surface area contributed by atoms with Crippen LogP contribution in [0.15, 0.2) is 5.18 Å². The lowest BCUT2D eigenvalue weighted by Crippen LogP contribution is -2.10. The van der Waals surface area contributed by atoms with Crippen LogP contribution in [-0.2, 0) is 9.59 Å². The zero-order valence-corrected chi connectivity index (χ0v) is 11.7. The summed E-state index contributed by atoms with van der Waals surface area (Å²) < 4.78 is 0. The number of carbonyl (C=O) groups excluding carboxylic acids is 2. The molecule has 0 atom stereocenters. The molecule has 0 radical (unpaired) electrons. The van der Waals surface area contributed by atoms with Gasteiger partial charge in [0.1, 0.15) is 4.92 Å². The second kappa shape index (κ2) is 12.4. The molecule has 0 aliphatic carbocycles. The summed E-state index contributed by atoms with van der Waals surface area (Å²) in [6.07, 6.45) is 8.59. The Morgan fingerprint density at radius 1 is 0.800 bits per heavy atom. The standard InChI is InChI=1S/C13H22N2O5/c16-12(14-18)10-8-6-4-2-1-3-5-7-9-11-13(17)15(19)20/h1-11H2. The van der Waals surface area contributed by atoms with Gasteiger partial charge in [0.25, 0.3) is 5.91 Å². The van der Waals surface area contributed by atoms with Gasteiger partial charge in [0.2, 0.25) is 0 Å². The van der Waals surface area contributed by atoms with E-state index in [4.69, 9.17) is 0 Å². The van der Waals surface area contributed by atoms with Crippen molar-refractivity contribution in [3.8, 4) is 0 Å². The van der Waals surface area contributed by atoms with Crippen LogP contribution in [0, 0.1) is 15.0 Å². The van der Waals surface area contributed by atoms with Crippen molar-refractivity contribution in [3.05, 3.63) is 15.0 Å². The zero-order valence-electron chi connectivity index (χ0n) is 11.7. The molecule has 0 rings (SSSR count). The minimum Gasteiger partial charge on any atom is -0.269 e. The molecule has 2 amide bonds. The van der Waals surface area contributed by atoms with Crippen molar-refractivity contribution in [1.29, 1.82) is 0 Å². The molecule has 114 valence electrons. The summed E-state index contributed by atoms with van der Waals surface area (Å²) in [5.41, 5.74) is 0. The highest BCUT2D eigenvalue weighted by atomic mass is 16.6. The van der Waals surface area contributed by atoms with E-state index in [1.54, 1.807) is 0 Å². The van der Waals surface area contributed by atoms with Crippen molar-refractivity contribution in [1.82, 2.24) is 0 Å². The van der Waals surface area contributed by atoms with Gasteiger partial charge in [-0.25, -0.2) is 4.79 Å². The molecule has 0 N–H and O–H groups in total. The predicted molar refractivity (Wildman–Crippen MR) is 73.6 cm³/mol. The molecule has 0 spiro atoms. The van der Waals surface area contributed by atoms with E-state index >= 15 is 0 Å². The maximum atomic E-state index is 10.7. The smallest absolute Gasteiger partial charge is 0.269 e. The van der Waals surface area contributed by atoms with E-state index in [2.05, 4.69) is 5.18 Å². The van der Waals surface area contributed by atoms with Crippen molar-refractivity contribution >= 4 is 11.8 Å². The summed E-state index contributed by atoms with van der Waals surface area (Å²) in [5.74, 6) is -1.47. The number of carbonyl (C=O) groups is 2. The van der Waals surface area contributed by atoms with Crippen LogP contribution in [0.25, 0.3) is 0 Å². The zero-order chi connectivity index (χ0) is 15.2. The Bertz CT molecular complexity index is 331. The van der Waals surface area contributed by atoms with Gasteiger partial charge < -0.3 is 0 Å². The molecule has 0 aromatic rings. The van der Waals surface area contributed by atoms with Gasteiger partial charge in [-0.2, -0.15) is 0 Å². The van der Waals surface area contributed by atoms with Gasteiger partial charge in [-0.3, -0.25) is 14.9 Å². The lowest BCUT2D eigenvalue weighted by molar-refractivity contribution is -0.402. The largest absolute Gasteiger partial charge is 0.444 e. The summed E-state index contributed by atoms with van der Waals surface area (Å²) in [6, 6.07) is 0. The third-order valence-corrected chi connectivity index (χ3v) is 3.09. The van der Waals surface area contributed by atoms with Crippen LogP contribution in [0.4, 0.5) is 0 Å². The number of hydrogen-bond acceptors (Lipinski definition) is 5. The van der Waals surface area contributed by atoms with Crippen LogP contribution in [0.2, 0.25) is 0 Å².